The minimum absolute atomic E-state index is 0.0413. The number of ether oxygens (including phenoxy) is 1. The number of sulfone groups is 1. The molecule has 0 aliphatic heterocycles. The molecule has 112 valence electrons. The summed E-state index contributed by atoms with van der Waals surface area (Å²) in [5.74, 6) is 0.843. The van der Waals surface area contributed by atoms with Crippen LogP contribution < -0.4 is 5.73 Å². The van der Waals surface area contributed by atoms with Crippen LogP contribution in [0.4, 0.5) is 0 Å². The Labute approximate surface area is 121 Å². The summed E-state index contributed by atoms with van der Waals surface area (Å²) in [5.41, 5.74) is 6.42. The fourth-order valence-electron chi connectivity index (χ4n) is 2.25. The van der Waals surface area contributed by atoms with Gasteiger partial charge in [-0.25, -0.2) is 8.42 Å². The largest absolute Gasteiger partial charge is 0.380 e. The minimum Gasteiger partial charge on any atom is -0.380 e. The second-order valence-electron chi connectivity index (χ2n) is 5.36. The maximum absolute atomic E-state index is 12.1. The quantitative estimate of drug-likeness (QED) is 0.746. The van der Waals surface area contributed by atoms with Gasteiger partial charge in [0.05, 0.1) is 17.3 Å². The van der Waals surface area contributed by atoms with Crippen molar-refractivity contribution >= 4 is 9.84 Å². The van der Waals surface area contributed by atoms with Crippen LogP contribution >= 0.6 is 0 Å². The third-order valence-electron chi connectivity index (χ3n) is 3.91. The Bertz CT molecular complexity index is 506. The second-order valence-corrected chi connectivity index (χ2v) is 7.47. The van der Waals surface area contributed by atoms with Gasteiger partial charge in [-0.1, -0.05) is 31.4 Å². The number of rotatable bonds is 8. The molecular weight excluding hydrogens is 274 g/mol. The lowest BCUT2D eigenvalue weighted by molar-refractivity contribution is 0.118. The maximum atomic E-state index is 12.1. The van der Waals surface area contributed by atoms with E-state index in [1.807, 2.05) is 0 Å². The zero-order chi connectivity index (χ0) is 14.4. The molecule has 20 heavy (non-hydrogen) atoms. The molecule has 0 radical (unpaired) electrons. The van der Waals surface area contributed by atoms with E-state index < -0.39 is 9.84 Å². The Balaban J connectivity index is 1.74. The first-order valence-corrected chi connectivity index (χ1v) is 8.86. The average Bonchev–Trinajstić information content (AvgIpc) is 2.40. The molecule has 2 rings (SSSR count). The van der Waals surface area contributed by atoms with Crippen LogP contribution in [0, 0.1) is 5.92 Å². The third-order valence-corrected chi connectivity index (χ3v) is 5.60. The van der Waals surface area contributed by atoms with Crippen molar-refractivity contribution in [1.82, 2.24) is 0 Å². The van der Waals surface area contributed by atoms with Crippen LogP contribution in [0.3, 0.4) is 0 Å². The summed E-state index contributed by atoms with van der Waals surface area (Å²) in [6.07, 6.45) is 4.99. The van der Waals surface area contributed by atoms with Gasteiger partial charge < -0.3 is 10.5 Å². The number of hydrogen-bond acceptors (Lipinski definition) is 4. The summed E-state index contributed by atoms with van der Waals surface area (Å²) in [4.78, 5) is 0.345. The van der Waals surface area contributed by atoms with Crippen LogP contribution in [0.15, 0.2) is 29.2 Å². The van der Waals surface area contributed by atoms with E-state index in [0.717, 1.165) is 17.9 Å². The van der Waals surface area contributed by atoms with Crippen molar-refractivity contribution in [2.45, 2.75) is 37.1 Å². The Kier molecular flexibility index (Phi) is 5.57. The highest BCUT2D eigenvalue weighted by molar-refractivity contribution is 7.91. The van der Waals surface area contributed by atoms with Gasteiger partial charge in [0.2, 0.25) is 0 Å². The lowest BCUT2D eigenvalue weighted by atomic mass is 9.83. The van der Waals surface area contributed by atoms with Gasteiger partial charge in [-0.15, -0.1) is 0 Å². The molecule has 2 N–H and O–H groups in total. The SMILES string of the molecule is NCc1ccc(S(=O)(=O)CCOCCC2CCC2)cc1. The number of benzene rings is 1. The molecule has 1 aromatic carbocycles. The Morgan fingerprint density at radius 3 is 2.40 bits per heavy atom. The first-order valence-electron chi connectivity index (χ1n) is 7.21. The highest BCUT2D eigenvalue weighted by Gasteiger charge is 2.17. The molecule has 0 aromatic heterocycles. The van der Waals surface area contributed by atoms with E-state index in [9.17, 15) is 8.42 Å². The van der Waals surface area contributed by atoms with Gasteiger partial charge in [-0.2, -0.15) is 0 Å². The van der Waals surface area contributed by atoms with Crippen molar-refractivity contribution in [3.05, 3.63) is 29.8 Å². The maximum Gasteiger partial charge on any atom is 0.180 e. The van der Waals surface area contributed by atoms with Crippen LogP contribution in [0.5, 0.6) is 0 Å². The second kappa shape index (κ2) is 7.20. The van der Waals surface area contributed by atoms with Crippen molar-refractivity contribution in [2.75, 3.05) is 19.0 Å². The zero-order valence-corrected chi connectivity index (χ0v) is 12.6. The fraction of sp³-hybridized carbons (Fsp3) is 0.600. The molecule has 5 heteroatoms. The molecule has 0 atom stereocenters. The molecular formula is C15H23NO3S. The molecule has 0 heterocycles. The van der Waals surface area contributed by atoms with Gasteiger partial charge in [-0.3, -0.25) is 0 Å². The predicted molar refractivity (Wildman–Crippen MR) is 79.2 cm³/mol. The summed E-state index contributed by atoms with van der Waals surface area (Å²) in [6.45, 7) is 1.37. The monoisotopic (exact) mass is 297 g/mol. The van der Waals surface area contributed by atoms with Gasteiger partial charge >= 0.3 is 0 Å². The Morgan fingerprint density at radius 1 is 1.15 bits per heavy atom. The summed E-state index contributed by atoms with van der Waals surface area (Å²) in [7, 11) is -3.24. The topological polar surface area (TPSA) is 69.4 Å². The average molecular weight is 297 g/mol. The van der Waals surface area contributed by atoms with Crippen LogP contribution in [0.2, 0.25) is 0 Å². The van der Waals surface area contributed by atoms with E-state index >= 15 is 0 Å². The third kappa shape index (κ3) is 4.30. The Morgan fingerprint density at radius 2 is 1.85 bits per heavy atom. The van der Waals surface area contributed by atoms with Crippen molar-refractivity contribution in [3.8, 4) is 0 Å². The standard InChI is InChI=1S/C15H23NO3S/c16-12-14-4-6-15(7-5-14)20(17,18)11-10-19-9-8-13-2-1-3-13/h4-7,13H,1-3,8-12,16H2. The van der Waals surface area contributed by atoms with Crippen LogP contribution in [0.1, 0.15) is 31.2 Å². The van der Waals surface area contributed by atoms with Crippen LogP contribution in [-0.4, -0.2) is 27.4 Å². The lowest BCUT2D eigenvalue weighted by Gasteiger charge is -2.24. The van der Waals surface area contributed by atoms with Crippen LogP contribution in [0.25, 0.3) is 0 Å². The summed E-state index contributed by atoms with van der Waals surface area (Å²) in [6, 6.07) is 6.74. The van der Waals surface area contributed by atoms with E-state index in [1.165, 1.54) is 19.3 Å². The molecule has 0 unspecified atom stereocenters. The van der Waals surface area contributed by atoms with Crippen molar-refractivity contribution in [1.29, 1.82) is 0 Å². The summed E-state index contributed by atoms with van der Waals surface area (Å²) >= 11 is 0. The van der Waals surface area contributed by atoms with Gasteiger partial charge in [0, 0.05) is 13.2 Å². The van der Waals surface area contributed by atoms with Crippen molar-refractivity contribution < 1.29 is 13.2 Å². The van der Waals surface area contributed by atoms with E-state index in [0.29, 0.717) is 18.0 Å². The molecule has 0 spiro atoms. The van der Waals surface area contributed by atoms with Crippen molar-refractivity contribution in [2.24, 2.45) is 11.7 Å². The Hall–Kier alpha value is -0.910. The zero-order valence-electron chi connectivity index (χ0n) is 11.8. The van der Waals surface area contributed by atoms with Gasteiger partial charge in [0.15, 0.2) is 9.84 Å². The molecule has 1 aromatic rings. The first-order chi connectivity index (χ1) is 9.62. The smallest absolute Gasteiger partial charge is 0.180 e. The highest BCUT2D eigenvalue weighted by atomic mass is 32.2. The number of nitrogens with two attached hydrogens (primary N) is 1. The van der Waals surface area contributed by atoms with Crippen LogP contribution in [-0.2, 0) is 21.1 Å². The van der Waals surface area contributed by atoms with E-state index in [2.05, 4.69) is 0 Å². The molecule has 1 saturated carbocycles. The minimum atomic E-state index is -3.24. The van der Waals surface area contributed by atoms with E-state index in [4.69, 9.17) is 10.5 Å². The van der Waals surface area contributed by atoms with Gasteiger partial charge in [0.25, 0.3) is 0 Å². The molecule has 0 amide bonds. The van der Waals surface area contributed by atoms with Gasteiger partial charge in [0.1, 0.15) is 0 Å². The van der Waals surface area contributed by atoms with Crippen molar-refractivity contribution in [3.63, 3.8) is 0 Å². The molecule has 0 saturated heterocycles. The first kappa shape index (κ1) is 15.5. The number of hydrogen-bond donors (Lipinski definition) is 1. The normalized spacial score (nSPS) is 16.1. The summed E-state index contributed by atoms with van der Waals surface area (Å²) in [5, 5.41) is 0. The molecule has 4 nitrogen and oxygen atoms in total. The molecule has 1 fully saturated rings. The highest BCUT2D eigenvalue weighted by Crippen LogP contribution is 2.29. The molecule has 1 aliphatic carbocycles. The molecule has 1 aliphatic rings. The lowest BCUT2D eigenvalue weighted by Crippen LogP contribution is -2.16. The summed E-state index contributed by atoms with van der Waals surface area (Å²) < 4.78 is 29.6. The van der Waals surface area contributed by atoms with E-state index in [-0.39, 0.29) is 12.4 Å². The van der Waals surface area contributed by atoms with Gasteiger partial charge in [-0.05, 0) is 30.0 Å². The fourth-order valence-corrected chi connectivity index (χ4v) is 3.38. The predicted octanol–water partition coefficient (Wildman–Crippen LogP) is 2.13. The van der Waals surface area contributed by atoms with E-state index in [1.54, 1.807) is 24.3 Å². The molecule has 0 bridgehead atoms.